The lowest BCUT2D eigenvalue weighted by Crippen LogP contribution is -2.09. The van der Waals surface area contributed by atoms with Gasteiger partial charge in [0.25, 0.3) is 0 Å². The highest BCUT2D eigenvalue weighted by Crippen LogP contribution is 2.34. The molecule has 1 aromatic rings. The SMILES string of the molecule is C=Cc1cc(COCCCC)c(OCCCC)c(C(O)CCCC)c1. The average molecular weight is 349 g/mol. The van der Waals surface area contributed by atoms with E-state index in [2.05, 4.69) is 33.4 Å². The van der Waals surface area contributed by atoms with Crippen LogP contribution in [-0.2, 0) is 11.3 Å². The van der Waals surface area contributed by atoms with Crippen LogP contribution in [0.2, 0.25) is 0 Å². The lowest BCUT2D eigenvalue weighted by molar-refractivity contribution is 0.114. The first-order valence-corrected chi connectivity index (χ1v) is 9.85. The lowest BCUT2D eigenvalue weighted by Gasteiger charge is -2.21. The van der Waals surface area contributed by atoms with Crippen molar-refractivity contribution in [3.63, 3.8) is 0 Å². The molecule has 0 saturated carbocycles. The fourth-order valence-corrected chi connectivity index (χ4v) is 2.69. The number of aliphatic hydroxyl groups is 1. The molecule has 1 atom stereocenters. The predicted octanol–water partition coefficient (Wildman–Crippen LogP) is 6.05. The van der Waals surface area contributed by atoms with Crippen molar-refractivity contribution in [1.29, 1.82) is 0 Å². The number of hydrogen-bond acceptors (Lipinski definition) is 3. The molecule has 25 heavy (non-hydrogen) atoms. The molecule has 0 saturated heterocycles. The van der Waals surface area contributed by atoms with Crippen molar-refractivity contribution in [3.05, 3.63) is 35.4 Å². The highest BCUT2D eigenvalue weighted by atomic mass is 16.5. The Bertz CT molecular complexity index is 496. The zero-order chi connectivity index (χ0) is 18.5. The van der Waals surface area contributed by atoms with E-state index in [9.17, 15) is 5.11 Å². The summed E-state index contributed by atoms with van der Waals surface area (Å²) in [7, 11) is 0. The van der Waals surface area contributed by atoms with Crippen LogP contribution < -0.4 is 4.74 Å². The Labute approximate surface area is 154 Å². The molecule has 0 fully saturated rings. The summed E-state index contributed by atoms with van der Waals surface area (Å²) in [5.74, 6) is 0.805. The molecule has 1 unspecified atom stereocenters. The van der Waals surface area contributed by atoms with Gasteiger partial charge in [-0.2, -0.15) is 0 Å². The summed E-state index contributed by atoms with van der Waals surface area (Å²) < 4.78 is 11.9. The van der Waals surface area contributed by atoms with E-state index in [1.165, 1.54) is 0 Å². The van der Waals surface area contributed by atoms with Crippen LogP contribution in [0.25, 0.3) is 6.08 Å². The quantitative estimate of drug-likeness (QED) is 0.416. The summed E-state index contributed by atoms with van der Waals surface area (Å²) in [6.07, 6.45) is 8.38. The molecule has 3 nitrogen and oxygen atoms in total. The molecule has 0 radical (unpaired) electrons. The maximum atomic E-state index is 10.7. The van der Waals surface area contributed by atoms with Crippen molar-refractivity contribution in [3.8, 4) is 5.75 Å². The van der Waals surface area contributed by atoms with Gasteiger partial charge in [-0.05, 0) is 37.0 Å². The summed E-state index contributed by atoms with van der Waals surface area (Å²) in [6, 6.07) is 4.07. The van der Waals surface area contributed by atoms with Crippen molar-refractivity contribution < 1.29 is 14.6 Å². The van der Waals surface area contributed by atoms with E-state index >= 15 is 0 Å². The van der Waals surface area contributed by atoms with Crippen LogP contribution in [0, 0.1) is 0 Å². The van der Waals surface area contributed by atoms with Gasteiger partial charge >= 0.3 is 0 Å². The third-order valence-electron chi connectivity index (χ3n) is 4.29. The maximum Gasteiger partial charge on any atom is 0.130 e. The topological polar surface area (TPSA) is 38.7 Å². The van der Waals surface area contributed by atoms with Gasteiger partial charge in [0.15, 0.2) is 0 Å². The van der Waals surface area contributed by atoms with Crippen molar-refractivity contribution >= 4 is 6.08 Å². The van der Waals surface area contributed by atoms with Gasteiger partial charge < -0.3 is 14.6 Å². The van der Waals surface area contributed by atoms with Crippen LogP contribution in [-0.4, -0.2) is 18.3 Å². The van der Waals surface area contributed by atoms with Crippen LogP contribution in [0.15, 0.2) is 18.7 Å². The smallest absolute Gasteiger partial charge is 0.130 e. The van der Waals surface area contributed by atoms with Crippen molar-refractivity contribution in [2.75, 3.05) is 13.2 Å². The van der Waals surface area contributed by atoms with E-state index in [1.807, 2.05) is 12.1 Å². The minimum Gasteiger partial charge on any atom is -0.493 e. The molecule has 0 aliphatic rings. The van der Waals surface area contributed by atoms with Crippen LogP contribution in [0.3, 0.4) is 0 Å². The van der Waals surface area contributed by atoms with Crippen LogP contribution >= 0.6 is 0 Å². The van der Waals surface area contributed by atoms with E-state index in [1.54, 1.807) is 0 Å². The molecular formula is C22H36O3. The third kappa shape index (κ3) is 7.62. The second kappa shape index (κ2) is 13.0. The van der Waals surface area contributed by atoms with E-state index in [4.69, 9.17) is 9.47 Å². The number of benzene rings is 1. The Balaban J connectivity index is 3.08. The van der Waals surface area contributed by atoms with Gasteiger partial charge in [0, 0.05) is 17.7 Å². The zero-order valence-electron chi connectivity index (χ0n) is 16.4. The molecule has 0 heterocycles. The normalized spacial score (nSPS) is 12.2. The summed E-state index contributed by atoms with van der Waals surface area (Å²) in [6.45, 7) is 12.3. The lowest BCUT2D eigenvalue weighted by atomic mass is 9.97. The first kappa shape index (κ1) is 21.7. The third-order valence-corrected chi connectivity index (χ3v) is 4.29. The van der Waals surface area contributed by atoms with Gasteiger partial charge in [0.05, 0.1) is 19.3 Å². The van der Waals surface area contributed by atoms with Gasteiger partial charge in [-0.15, -0.1) is 0 Å². The monoisotopic (exact) mass is 348 g/mol. The van der Waals surface area contributed by atoms with Gasteiger partial charge in [-0.3, -0.25) is 0 Å². The summed E-state index contributed by atoms with van der Waals surface area (Å²) >= 11 is 0. The molecule has 0 amide bonds. The Morgan fingerprint density at radius 2 is 1.72 bits per heavy atom. The van der Waals surface area contributed by atoms with Crippen LogP contribution in [0.1, 0.15) is 88.5 Å². The molecule has 0 aliphatic carbocycles. The minimum atomic E-state index is -0.508. The van der Waals surface area contributed by atoms with Gasteiger partial charge in [0.2, 0.25) is 0 Å². The van der Waals surface area contributed by atoms with Crippen molar-refractivity contribution in [2.24, 2.45) is 0 Å². The number of aliphatic hydroxyl groups excluding tert-OH is 1. The van der Waals surface area contributed by atoms with E-state index in [0.29, 0.717) is 13.2 Å². The van der Waals surface area contributed by atoms with Gasteiger partial charge in [0.1, 0.15) is 5.75 Å². The van der Waals surface area contributed by atoms with Crippen molar-refractivity contribution in [1.82, 2.24) is 0 Å². The second-order valence-corrected chi connectivity index (χ2v) is 6.57. The van der Waals surface area contributed by atoms with Crippen molar-refractivity contribution in [2.45, 2.75) is 78.4 Å². The predicted molar refractivity (Wildman–Crippen MR) is 106 cm³/mol. The Morgan fingerprint density at radius 1 is 1.04 bits per heavy atom. The number of rotatable bonds is 14. The average Bonchev–Trinajstić information content (AvgIpc) is 2.63. The Morgan fingerprint density at radius 3 is 2.36 bits per heavy atom. The van der Waals surface area contributed by atoms with E-state index < -0.39 is 6.10 Å². The standard InChI is InChI=1S/C22H36O3/c1-5-9-12-21(23)20-16-18(8-4)15-19(17-24-13-10-6-2)22(20)25-14-11-7-3/h8,15-16,21,23H,4-7,9-14,17H2,1-3H3. The largest absolute Gasteiger partial charge is 0.493 e. The summed E-state index contributed by atoms with van der Waals surface area (Å²) in [5, 5.41) is 10.7. The molecule has 0 aromatic heterocycles. The molecule has 1 N–H and O–H groups in total. The molecule has 0 aliphatic heterocycles. The molecule has 142 valence electrons. The zero-order valence-corrected chi connectivity index (χ0v) is 16.4. The maximum absolute atomic E-state index is 10.7. The van der Waals surface area contributed by atoms with E-state index in [-0.39, 0.29) is 0 Å². The number of unbranched alkanes of at least 4 members (excludes halogenated alkanes) is 3. The highest BCUT2D eigenvalue weighted by Gasteiger charge is 2.18. The second-order valence-electron chi connectivity index (χ2n) is 6.57. The fourth-order valence-electron chi connectivity index (χ4n) is 2.69. The molecule has 1 aromatic carbocycles. The molecular weight excluding hydrogens is 312 g/mol. The molecule has 1 rings (SSSR count). The van der Waals surface area contributed by atoms with E-state index in [0.717, 1.165) is 74.0 Å². The fraction of sp³-hybridized carbons (Fsp3) is 0.636. The van der Waals surface area contributed by atoms with Crippen LogP contribution in [0.4, 0.5) is 0 Å². The first-order valence-electron chi connectivity index (χ1n) is 9.85. The highest BCUT2D eigenvalue weighted by molar-refractivity contribution is 5.56. The van der Waals surface area contributed by atoms with Gasteiger partial charge in [-0.1, -0.05) is 59.1 Å². The molecule has 0 spiro atoms. The number of ether oxygens (including phenoxy) is 2. The Kier molecular flexibility index (Phi) is 11.3. The summed E-state index contributed by atoms with van der Waals surface area (Å²) in [5.41, 5.74) is 2.88. The first-order chi connectivity index (χ1) is 12.2. The summed E-state index contributed by atoms with van der Waals surface area (Å²) in [4.78, 5) is 0. The molecule has 0 bridgehead atoms. The van der Waals surface area contributed by atoms with Gasteiger partial charge in [-0.25, -0.2) is 0 Å². The van der Waals surface area contributed by atoms with Crippen LogP contribution in [0.5, 0.6) is 5.75 Å². The molecule has 3 heteroatoms. The number of hydrogen-bond donors (Lipinski definition) is 1. The Hall–Kier alpha value is -1.32. The minimum absolute atomic E-state index is 0.508.